The second-order valence-electron chi connectivity index (χ2n) is 4.96. The van der Waals surface area contributed by atoms with E-state index in [1.54, 1.807) is 18.5 Å². The summed E-state index contributed by atoms with van der Waals surface area (Å²) >= 11 is 0. The van der Waals surface area contributed by atoms with Crippen LogP contribution in [0, 0.1) is 10.1 Å². The second-order valence-corrected chi connectivity index (χ2v) is 4.96. The van der Waals surface area contributed by atoms with Crippen LogP contribution in [0.1, 0.15) is 17.5 Å². The number of aromatic nitrogens is 1. The van der Waals surface area contributed by atoms with Crippen molar-refractivity contribution in [2.24, 2.45) is 5.10 Å². The minimum absolute atomic E-state index is 0.0357. The first-order valence-corrected chi connectivity index (χ1v) is 7.26. The number of carbonyl (C=O) groups excluding carboxylic acids is 2. The first kappa shape index (κ1) is 17.7. The zero-order valence-electron chi connectivity index (χ0n) is 13.1. The van der Waals surface area contributed by atoms with Gasteiger partial charge in [-0.3, -0.25) is 24.7 Å². The molecule has 0 aliphatic carbocycles. The number of nitrogens with zero attached hydrogens (tertiary/aromatic N) is 3. The van der Waals surface area contributed by atoms with E-state index in [0.29, 0.717) is 5.56 Å². The smallest absolute Gasteiger partial charge is 0.269 e. The number of amides is 2. The lowest BCUT2D eigenvalue weighted by atomic mass is 10.2. The van der Waals surface area contributed by atoms with E-state index in [1.165, 1.54) is 30.5 Å². The average Bonchev–Trinajstić information content (AvgIpc) is 2.61. The van der Waals surface area contributed by atoms with Crippen LogP contribution in [-0.2, 0) is 16.1 Å². The number of benzene rings is 1. The van der Waals surface area contributed by atoms with Gasteiger partial charge in [-0.25, -0.2) is 5.43 Å². The van der Waals surface area contributed by atoms with Crippen LogP contribution < -0.4 is 10.7 Å². The molecule has 25 heavy (non-hydrogen) atoms. The van der Waals surface area contributed by atoms with E-state index in [4.69, 9.17) is 0 Å². The minimum Gasteiger partial charge on any atom is -0.352 e. The number of rotatable bonds is 7. The maximum absolute atomic E-state index is 11.7. The van der Waals surface area contributed by atoms with Crippen molar-refractivity contribution >= 4 is 23.7 Å². The van der Waals surface area contributed by atoms with Crippen LogP contribution in [0.2, 0.25) is 0 Å². The molecule has 0 saturated carbocycles. The summed E-state index contributed by atoms with van der Waals surface area (Å²) in [5, 5.41) is 16.8. The molecule has 9 nitrogen and oxygen atoms in total. The van der Waals surface area contributed by atoms with Crippen molar-refractivity contribution in [1.82, 2.24) is 15.7 Å². The van der Waals surface area contributed by atoms with Crippen LogP contribution in [0.25, 0.3) is 0 Å². The molecule has 2 amide bonds. The van der Waals surface area contributed by atoms with Gasteiger partial charge in [0.15, 0.2) is 0 Å². The third-order valence-corrected chi connectivity index (χ3v) is 3.04. The van der Waals surface area contributed by atoms with Gasteiger partial charge in [-0.1, -0.05) is 6.07 Å². The van der Waals surface area contributed by atoms with Gasteiger partial charge in [0, 0.05) is 31.1 Å². The molecule has 0 unspecified atom stereocenters. The number of non-ortho nitro benzene ring substituents is 1. The van der Waals surface area contributed by atoms with Crippen LogP contribution in [0.3, 0.4) is 0 Å². The molecule has 2 rings (SSSR count). The summed E-state index contributed by atoms with van der Waals surface area (Å²) in [6, 6.07) is 9.20. The van der Waals surface area contributed by atoms with Gasteiger partial charge >= 0.3 is 0 Å². The van der Waals surface area contributed by atoms with E-state index in [1.807, 2.05) is 6.07 Å². The molecular weight excluding hydrogens is 326 g/mol. The normalized spacial score (nSPS) is 10.4. The molecular formula is C16H15N5O4. The van der Waals surface area contributed by atoms with Crippen molar-refractivity contribution < 1.29 is 14.5 Å². The summed E-state index contributed by atoms with van der Waals surface area (Å²) in [6.07, 6.45) is 4.21. The van der Waals surface area contributed by atoms with Gasteiger partial charge in [0.2, 0.25) is 11.8 Å². The van der Waals surface area contributed by atoms with Crippen molar-refractivity contribution in [2.75, 3.05) is 0 Å². The van der Waals surface area contributed by atoms with Crippen molar-refractivity contribution in [1.29, 1.82) is 0 Å². The number of nitrogens with one attached hydrogen (secondary N) is 2. The summed E-state index contributed by atoms with van der Waals surface area (Å²) in [5.74, 6) is -1.01. The van der Waals surface area contributed by atoms with E-state index in [-0.39, 0.29) is 18.7 Å². The van der Waals surface area contributed by atoms with Crippen molar-refractivity contribution in [3.05, 3.63) is 70.0 Å². The number of hydrogen-bond donors (Lipinski definition) is 2. The molecule has 0 fully saturated rings. The highest BCUT2D eigenvalue weighted by Gasteiger charge is 2.08. The molecule has 2 N–H and O–H groups in total. The molecule has 1 aromatic carbocycles. The molecule has 0 atom stereocenters. The van der Waals surface area contributed by atoms with Crippen LogP contribution in [0.4, 0.5) is 5.69 Å². The number of pyridine rings is 1. The summed E-state index contributed by atoms with van der Waals surface area (Å²) in [4.78, 5) is 37.2. The highest BCUT2D eigenvalue weighted by molar-refractivity contribution is 5.97. The number of hydrazone groups is 1. The quantitative estimate of drug-likeness (QED) is 0.338. The lowest BCUT2D eigenvalue weighted by Crippen LogP contribution is -2.29. The predicted molar refractivity (Wildman–Crippen MR) is 89.5 cm³/mol. The fourth-order valence-electron chi connectivity index (χ4n) is 1.81. The van der Waals surface area contributed by atoms with Crippen molar-refractivity contribution in [3.8, 4) is 0 Å². The van der Waals surface area contributed by atoms with E-state index in [9.17, 15) is 19.7 Å². The fraction of sp³-hybridized carbons (Fsp3) is 0.125. The second kappa shape index (κ2) is 8.87. The van der Waals surface area contributed by atoms with E-state index < -0.39 is 16.7 Å². The Morgan fingerprint density at radius 3 is 2.60 bits per heavy atom. The number of nitro benzene ring substituents is 1. The standard InChI is InChI=1S/C16H15N5O4/c22-15(18-10-13-2-1-7-17-9-13)8-16(23)20-19-11-12-3-5-14(6-4-12)21(24)25/h1-7,9,11H,8,10H2,(H,18,22)(H,20,23)/b19-11-. The third-order valence-electron chi connectivity index (χ3n) is 3.04. The minimum atomic E-state index is -0.568. The molecule has 0 aliphatic rings. The van der Waals surface area contributed by atoms with Crippen LogP contribution in [-0.4, -0.2) is 27.9 Å². The first-order valence-electron chi connectivity index (χ1n) is 7.26. The summed E-state index contributed by atoms with van der Waals surface area (Å²) in [7, 11) is 0. The van der Waals surface area contributed by atoms with Crippen LogP contribution >= 0.6 is 0 Å². The Kier molecular flexibility index (Phi) is 6.29. The lowest BCUT2D eigenvalue weighted by Gasteiger charge is -2.04. The number of carbonyl (C=O) groups is 2. The monoisotopic (exact) mass is 341 g/mol. The highest BCUT2D eigenvalue weighted by atomic mass is 16.6. The average molecular weight is 341 g/mol. The first-order chi connectivity index (χ1) is 12.0. The van der Waals surface area contributed by atoms with Gasteiger partial charge in [-0.05, 0) is 29.3 Å². The van der Waals surface area contributed by atoms with Crippen LogP contribution in [0.5, 0.6) is 0 Å². The lowest BCUT2D eigenvalue weighted by molar-refractivity contribution is -0.384. The molecule has 0 saturated heterocycles. The molecule has 1 heterocycles. The molecule has 0 radical (unpaired) electrons. The van der Waals surface area contributed by atoms with Gasteiger partial charge < -0.3 is 5.32 Å². The van der Waals surface area contributed by atoms with E-state index >= 15 is 0 Å². The number of hydrogen-bond acceptors (Lipinski definition) is 6. The van der Waals surface area contributed by atoms with Gasteiger partial charge in [0.25, 0.3) is 5.69 Å². The van der Waals surface area contributed by atoms with E-state index in [2.05, 4.69) is 20.8 Å². The van der Waals surface area contributed by atoms with Crippen LogP contribution in [0.15, 0.2) is 53.9 Å². The van der Waals surface area contributed by atoms with Gasteiger partial charge in [0.05, 0.1) is 11.1 Å². The molecule has 1 aromatic heterocycles. The fourth-order valence-corrected chi connectivity index (χ4v) is 1.81. The molecule has 2 aromatic rings. The highest BCUT2D eigenvalue weighted by Crippen LogP contribution is 2.10. The van der Waals surface area contributed by atoms with Gasteiger partial charge in [-0.15, -0.1) is 0 Å². The molecule has 0 aliphatic heterocycles. The zero-order chi connectivity index (χ0) is 18.1. The van der Waals surface area contributed by atoms with Crippen molar-refractivity contribution in [3.63, 3.8) is 0 Å². The Balaban J connectivity index is 1.74. The Morgan fingerprint density at radius 2 is 1.96 bits per heavy atom. The topological polar surface area (TPSA) is 127 Å². The Bertz CT molecular complexity index is 775. The van der Waals surface area contributed by atoms with E-state index in [0.717, 1.165) is 5.56 Å². The van der Waals surface area contributed by atoms with Crippen molar-refractivity contribution in [2.45, 2.75) is 13.0 Å². The SMILES string of the molecule is O=C(CC(=O)N/N=C\c1ccc([N+](=O)[O-])cc1)NCc1cccnc1. The number of nitro groups is 1. The summed E-state index contributed by atoms with van der Waals surface area (Å²) < 4.78 is 0. The Morgan fingerprint density at radius 1 is 1.20 bits per heavy atom. The predicted octanol–water partition coefficient (Wildman–Crippen LogP) is 1.15. The molecule has 9 heteroatoms. The molecule has 128 valence electrons. The maximum atomic E-state index is 11.7. The summed E-state index contributed by atoms with van der Waals surface area (Å²) in [5.41, 5.74) is 3.59. The third kappa shape index (κ3) is 6.18. The van der Waals surface area contributed by atoms with Gasteiger partial charge in [-0.2, -0.15) is 5.10 Å². The summed E-state index contributed by atoms with van der Waals surface area (Å²) in [6.45, 7) is 0.284. The molecule has 0 bridgehead atoms. The Hall–Kier alpha value is -3.62. The molecule has 0 spiro atoms. The largest absolute Gasteiger partial charge is 0.352 e. The van der Waals surface area contributed by atoms with Gasteiger partial charge in [0.1, 0.15) is 6.42 Å². The zero-order valence-corrected chi connectivity index (χ0v) is 13.1. The Labute approximate surface area is 142 Å². The maximum Gasteiger partial charge on any atom is 0.269 e.